The summed E-state index contributed by atoms with van der Waals surface area (Å²) in [6.45, 7) is 3.65. The van der Waals surface area contributed by atoms with E-state index in [9.17, 15) is 4.79 Å². The molecule has 1 rings (SSSR count). The average Bonchev–Trinajstić information content (AvgIpc) is 2.69. The zero-order valence-corrected chi connectivity index (χ0v) is 7.34. The SMILES string of the molecule is CC(=O)[C@H](N)[C@H](C)CC1CC1. The first kappa shape index (κ1) is 8.72. The molecule has 0 amide bonds. The summed E-state index contributed by atoms with van der Waals surface area (Å²) < 4.78 is 0. The first-order valence-electron chi connectivity index (χ1n) is 4.37. The molecular formula is C9H17NO. The Morgan fingerprint density at radius 3 is 2.55 bits per heavy atom. The fourth-order valence-corrected chi connectivity index (χ4v) is 1.43. The van der Waals surface area contributed by atoms with Gasteiger partial charge in [-0.2, -0.15) is 0 Å². The van der Waals surface area contributed by atoms with Gasteiger partial charge in [0.25, 0.3) is 0 Å². The zero-order chi connectivity index (χ0) is 8.43. The number of hydrogen-bond acceptors (Lipinski definition) is 2. The van der Waals surface area contributed by atoms with Crippen LogP contribution in [0, 0.1) is 11.8 Å². The zero-order valence-electron chi connectivity index (χ0n) is 7.34. The first-order valence-corrected chi connectivity index (χ1v) is 4.37. The van der Waals surface area contributed by atoms with Gasteiger partial charge >= 0.3 is 0 Å². The minimum Gasteiger partial charge on any atom is -0.321 e. The van der Waals surface area contributed by atoms with Gasteiger partial charge in [-0.3, -0.25) is 4.79 Å². The molecule has 1 aliphatic rings. The van der Waals surface area contributed by atoms with Crippen molar-refractivity contribution < 1.29 is 4.79 Å². The maximum Gasteiger partial charge on any atom is 0.146 e. The van der Waals surface area contributed by atoms with Crippen molar-refractivity contribution in [1.29, 1.82) is 0 Å². The quantitative estimate of drug-likeness (QED) is 0.665. The van der Waals surface area contributed by atoms with Crippen molar-refractivity contribution in [2.45, 2.75) is 39.2 Å². The standard InChI is InChI=1S/C9H17NO/c1-6(5-8-3-4-8)9(10)7(2)11/h6,8-9H,3-5,10H2,1-2H3/t6-,9-/m1/s1. The monoisotopic (exact) mass is 155 g/mol. The molecule has 1 aliphatic carbocycles. The van der Waals surface area contributed by atoms with Crippen molar-refractivity contribution in [2.24, 2.45) is 17.6 Å². The number of rotatable bonds is 4. The van der Waals surface area contributed by atoms with Gasteiger partial charge in [-0.15, -0.1) is 0 Å². The van der Waals surface area contributed by atoms with E-state index in [2.05, 4.69) is 6.92 Å². The van der Waals surface area contributed by atoms with Gasteiger partial charge in [0.2, 0.25) is 0 Å². The summed E-state index contributed by atoms with van der Waals surface area (Å²) in [5.74, 6) is 1.37. The lowest BCUT2D eigenvalue weighted by Crippen LogP contribution is -2.35. The Hall–Kier alpha value is -0.370. The summed E-state index contributed by atoms with van der Waals surface area (Å²) in [7, 11) is 0. The van der Waals surface area contributed by atoms with Crippen molar-refractivity contribution in [3.8, 4) is 0 Å². The van der Waals surface area contributed by atoms with E-state index in [0.717, 1.165) is 12.3 Å². The van der Waals surface area contributed by atoms with E-state index in [4.69, 9.17) is 5.73 Å². The van der Waals surface area contributed by atoms with E-state index >= 15 is 0 Å². The summed E-state index contributed by atoms with van der Waals surface area (Å²) in [6, 6.07) is -0.226. The van der Waals surface area contributed by atoms with Gasteiger partial charge in [0, 0.05) is 0 Å². The van der Waals surface area contributed by atoms with Crippen LogP contribution in [0.5, 0.6) is 0 Å². The van der Waals surface area contributed by atoms with Crippen molar-refractivity contribution >= 4 is 5.78 Å². The third-order valence-corrected chi connectivity index (χ3v) is 2.48. The molecule has 1 saturated carbocycles. The van der Waals surface area contributed by atoms with Crippen LogP contribution in [-0.4, -0.2) is 11.8 Å². The fraction of sp³-hybridized carbons (Fsp3) is 0.889. The third kappa shape index (κ3) is 2.62. The molecule has 0 unspecified atom stereocenters. The van der Waals surface area contributed by atoms with Crippen LogP contribution in [-0.2, 0) is 4.79 Å². The molecule has 2 heteroatoms. The minimum absolute atomic E-state index is 0.123. The highest BCUT2D eigenvalue weighted by Crippen LogP contribution is 2.35. The summed E-state index contributed by atoms with van der Waals surface area (Å²) in [5, 5.41) is 0. The normalized spacial score (nSPS) is 22.8. The maximum atomic E-state index is 10.9. The van der Waals surface area contributed by atoms with E-state index < -0.39 is 0 Å². The van der Waals surface area contributed by atoms with Gasteiger partial charge in [-0.05, 0) is 25.2 Å². The molecule has 0 aromatic heterocycles. The smallest absolute Gasteiger partial charge is 0.146 e. The van der Waals surface area contributed by atoms with E-state index in [1.54, 1.807) is 6.92 Å². The molecule has 0 spiro atoms. The number of ketones is 1. The topological polar surface area (TPSA) is 43.1 Å². The van der Waals surface area contributed by atoms with Crippen LogP contribution < -0.4 is 5.73 Å². The Labute approximate surface area is 68.2 Å². The van der Waals surface area contributed by atoms with Crippen molar-refractivity contribution in [3.05, 3.63) is 0 Å². The Morgan fingerprint density at radius 1 is 1.64 bits per heavy atom. The van der Waals surface area contributed by atoms with Crippen molar-refractivity contribution in [2.75, 3.05) is 0 Å². The second kappa shape index (κ2) is 3.35. The van der Waals surface area contributed by atoms with Gasteiger partial charge in [0.15, 0.2) is 0 Å². The molecule has 0 aromatic carbocycles. The van der Waals surface area contributed by atoms with Crippen LogP contribution in [0.3, 0.4) is 0 Å². The van der Waals surface area contributed by atoms with E-state index in [0.29, 0.717) is 5.92 Å². The minimum atomic E-state index is -0.226. The Balaban J connectivity index is 2.26. The number of hydrogen-bond donors (Lipinski definition) is 1. The summed E-state index contributed by atoms with van der Waals surface area (Å²) >= 11 is 0. The van der Waals surface area contributed by atoms with Gasteiger partial charge in [-0.1, -0.05) is 19.8 Å². The van der Waals surface area contributed by atoms with Crippen LogP contribution in [0.25, 0.3) is 0 Å². The number of nitrogens with two attached hydrogens (primary N) is 1. The first-order chi connectivity index (χ1) is 5.11. The predicted molar refractivity (Wildman–Crippen MR) is 45.2 cm³/mol. The molecule has 2 nitrogen and oxygen atoms in total. The van der Waals surface area contributed by atoms with Crippen LogP contribution in [0.1, 0.15) is 33.1 Å². The van der Waals surface area contributed by atoms with Gasteiger partial charge in [-0.25, -0.2) is 0 Å². The van der Waals surface area contributed by atoms with E-state index in [1.807, 2.05) is 0 Å². The molecule has 1 fully saturated rings. The van der Waals surface area contributed by atoms with Gasteiger partial charge < -0.3 is 5.73 Å². The van der Waals surface area contributed by atoms with Gasteiger partial charge in [0.05, 0.1) is 6.04 Å². The maximum absolute atomic E-state index is 10.9. The molecule has 2 N–H and O–H groups in total. The highest BCUT2D eigenvalue weighted by Gasteiger charge is 2.27. The predicted octanol–water partition coefficient (Wildman–Crippen LogP) is 1.34. The molecule has 2 atom stereocenters. The molecule has 0 aromatic rings. The Kier molecular flexibility index (Phi) is 2.66. The van der Waals surface area contributed by atoms with Crippen LogP contribution in [0.4, 0.5) is 0 Å². The van der Waals surface area contributed by atoms with Crippen molar-refractivity contribution in [3.63, 3.8) is 0 Å². The second-order valence-electron chi connectivity index (χ2n) is 3.79. The molecular weight excluding hydrogens is 138 g/mol. The summed E-state index contributed by atoms with van der Waals surface area (Å²) in [6.07, 6.45) is 3.82. The lowest BCUT2D eigenvalue weighted by Gasteiger charge is -2.16. The number of carbonyl (C=O) groups is 1. The molecule has 0 radical (unpaired) electrons. The van der Waals surface area contributed by atoms with E-state index in [-0.39, 0.29) is 11.8 Å². The molecule has 64 valence electrons. The lowest BCUT2D eigenvalue weighted by molar-refractivity contribution is -0.119. The fourth-order valence-electron chi connectivity index (χ4n) is 1.43. The molecule has 0 saturated heterocycles. The summed E-state index contributed by atoms with van der Waals surface area (Å²) in [4.78, 5) is 10.9. The lowest BCUT2D eigenvalue weighted by atomic mass is 9.94. The van der Waals surface area contributed by atoms with Crippen LogP contribution in [0.2, 0.25) is 0 Å². The van der Waals surface area contributed by atoms with Crippen molar-refractivity contribution in [1.82, 2.24) is 0 Å². The van der Waals surface area contributed by atoms with E-state index in [1.165, 1.54) is 12.8 Å². The molecule has 0 heterocycles. The highest BCUT2D eigenvalue weighted by atomic mass is 16.1. The van der Waals surface area contributed by atoms with Crippen LogP contribution in [0.15, 0.2) is 0 Å². The summed E-state index contributed by atoms with van der Waals surface area (Å²) in [5.41, 5.74) is 5.69. The average molecular weight is 155 g/mol. The molecule has 0 bridgehead atoms. The molecule has 11 heavy (non-hydrogen) atoms. The number of Topliss-reactive ketones (excluding diaryl/α,β-unsaturated/α-hetero) is 1. The number of carbonyl (C=O) groups excluding carboxylic acids is 1. The highest BCUT2D eigenvalue weighted by molar-refractivity contribution is 5.81. The van der Waals surface area contributed by atoms with Crippen LogP contribution >= 0.6 is 0 Å². The second-order valence-corrected chi connectivity index (χ2v) is 3.79. The molecule has 0 aliphatic heterocycles. The Morgan fingerprint density at radius 2 is 2.18 bits per heavy atom. The Bertz CT molecular complexity index is 152. The van der Waals surface area contributed by atoms with Gasteiger partial charge in [0.1, 0.15) is 5.78 Å². The third-order valence-electron chi connectivity index (χ3n) is 2.48. The largest absolute Gasteiger partial charge is 0.321 e.